The van der Waals surface area contributed by atoms with Crippen LogP contribution in [0.1, 0.15) is 26.6 Å². The van der Waals surface area contributed by atoms with Crippen LogP contribution in [0.4, 0.5) is 0 Å². The molecule has 30 heavy (non-hydrogen) atoms. The molecule has 0 unspecified atom stereocenters. The molecule has 2 aromatic carbocycles. The maximum atomic E-state index is 12.6. The van der Waals surface area contributed by atoms with Crippen LogP contribution in [0.25, 0.3) is 0 Å². The number of carbonyl (C=O) groups excluding carboxylic acids is 1. The van der Waals surface area contributed by atoms with Crippen molar-refractivity contribution in [1.29, 1.82) is 0 Å². The summed E-state index contributed by atoms with van der Waals surface area (Å²) in [6.45, 7) is 2.34. The molecule has 1 amide bonds. The lowest BCUT2D eigenvalue weighted by Gasteiger charge is -2.15. The number of thiazole rings is 1. The van der Waals surface area contributed by atoms with Gasteiger partial charge in [-0.3, -0.25) is 4.79 Å². The lowest BCUT2D eigenvalue weighted by Crippen LogP contribution is -2.27. The van der Waals surface area contributed by atoms with E-state index in [9.17, 15) is 13.2 Å². The molecule has 3 rings (SSSR count). The summed E-state index contributed by atoms with van der Waals surface area (Å²) in [4.78, 5) is 17.1. The first-order valence-electron chi connectivity index (χ1n) is 9.20. The van der Waals surface area contributed by atoms with Crippen molar-refractivity contribution < 1.29 is 17.9 Å². The van der Waals surface area contributed by atoms with Crippen LogP contribution in [0, 0.1) is 6.92 Å². The van der Waals surface area contributed by atoms with Crippen molar-refractivity contribution in [2.45, 2.75) is 25.0 Å². The van der Waals surface area contributed by atoms with Crippen molar-refractivity contribution in [2.75, 3.05) is 14.1 Å². The second kappa shape index (κ2) is 9.38. The molecule has 0 spiro atoms. The average Bonchev–Trinajstić information content (AvgIpc) is 3.16. The van der Waals surface area contributed by atoms with Crippen molar-refractivity contribution >= 4 is 27.3 Å². The van der Waals surface area contributed by atoms with Gasteiger partial charge < -0.3 is 10.1 Å². The van der Waals surface area contributed by atoms with Crippen molar-refractivity contribution in [3.63, 3.8) is 0 Å². The summed E-state index contributed by atoms with van der Waals surface area (Å²) in [6.07, 6.45) is 0. The Bertz CT molecular complexity index is 1140. The van der Waals surface area contributed by atoms with Crippen LogP contribution in [-0.4, -0.2) is 37.7 Å². The molecule has 3 aromatic rings. The fourth-order valence-electron chi connectivity index (χ4n) is 2.73. The number of rotatable bonds is 8. The molecule has 0 atom stereocenters. The van der Waals surface area contributed by atoms with E-state index in [2.05, 4.69) is 10.3 Å². The number of amides is 1. The molecular weight excluding hydrogens is 422 g/mol. The smallest absolute Gasteiger partial charge is 0.251 e. The molecule has 9 heteroatoms. The molecule has 1 aromatic heterocycles. The third-order valence-electron chi connectivity index (χ3n) is 4.32. The number of aryl methyl sites for hydroxylation is 1. The number of aromatic nitrogens is 1. The van der Waals surface area contributed by atoms with E-state index in [1.165, 1.54) is 20.2 Å². The number of ether oxygens (including phenoxy) is 1. The summed E-state index contributed by atoms with van der Waals surface area (Å²) in [7, 11) is -0.651. The van der Waals surface area contributed by atoms with Crippen LogP contribution in [0.15, 0.2) is 58.8 Å². The van der Waals surface area contributed by atoms with Crippen molar-refractivity contribution in [3.8, 4) is 5.75 Å². The summed E-state index contributed by atoms with van der Waals surface area (Å²) in [5, 5.41) is 5.69. The summed E-state index contributed by atoms with van der Waals surface area (Å²) >= 11 is 1.56. The predicted molar refractivity (Wildman–Crippen MR) is 116 cm³/mol. The van der Waals surface area contributed by atoms with Gasteiger partial charge in [0.2, 0.25) is 10.0 Å². The Morgan fingerprint density at radius 2 is 1.93 bits per heavy atom. The maximum Gasteiger partial charge on any atom is 0.251 e. The van der Waals surface area contributed by atoms with Crippen LogP contribution in [-0.2, 0) is 23.2 Å². The average molecular weight is 446 g/mol. The van der Waals surface area contributed by atoms with Crippen LogP contribution in [0.3, 0.4) is 0 Å². The Hall–Kier alpha value is -2.75. The van der Waals surface area contributed by atoms with E-state index < -0.39 is 10.0 Å². The van der Waals surface area contributed by atoms with Gasteiger partial charge in [-0.1, -0.05) is 24.3 Å². The number of carbonyl (C=O) groups is 1. The molecular formula is C21H23N3O4S2. The zero-order valence-corrected chi connectivity index (χ0v) is 18.6. The van der Waals surface area contributed by atoms with Crippen LogP contribution >= 0.6 is 11.3 Å². The summed E-state index contributed by atoms with van der Waals surface area (Å²) < 4.78 is 31.9. The summed E-state index contributed by atoms with van der Waals surface area (Å²) in [5.74, 6) is 0.242. The molecule has 1 heterocycles. The normalized spacial score (nSPS) is 11.5. The van der Waals surface area contributed by atoms with E-state index in [4.69, 9.17) is 4.74 Å². The quantitative estimate of drug-likeness (QED) is 0.575. The van der Waals surface area contributed by atoms with E-state index in [1.54, 1.807) is 53.8 Å². The highest BCUT2D eigenvalue weighted by Gasteiger charge is 2.21. The van der Waals surface area contributed by atoms with Crippen LogP contribution < -0.4 is 10.1 Å². The second-order valence-corrected chi connectivity index (χ2v) is 9.93. The van der Waals surface area contributed by atoms with Crippen molar-refractivity contribution in [2.24, 2.45) is 0 Å². The molecule has 0 aliphatic carbocycles. The first-order chi connectivity index (χ1) is 14.3. The first kappa shape index (κ1) is 21.9. The highest BCUT2D eigenvalue weighted by atomic mass is 32.2. The Morgan fingerprint density at radius 1 is 1.17 bits per heavy atom. The Kier molecular flexibility index (Phi) is 6.86. The Labute approximate surface area is 180 Å². The molecule has 0 saturated heterocycles. The maximum absolute atomic E-state index is 12.6. The number of hydrogen-bond donors (Lipinski definition) is 1. The van der Waals surface area contributed by atoms with Crippen molar-refractivity contribution in [3.05, 3.63) is 75.7 Å². The van der Waals surface area contributed by atoms with E-state index in [-0.39, 0.29) is 17.3 Å². The molecule has 0 radical (unpaired) electrons. The first-order valence-corrected chi connectivity index (χ1v) is 11.5. The van der Waals surface area contributed by atoms with E-state index in [0.717, 1.165) is 15.0 Å². The van der Waals surface area contributed by atoms with Gasteiger partial charge in [0.1, 0.15) is 12.4 Å². The lowest BCUT2D eigenvalue weighted by atomic mass is 10.2. The van der Waals surface area contributed by atoms with Gasteiger partial charge in [0.05, 0.1) is 15.6 Å². The Morgan fingerprint density at radius 3 is 2.63 bits per heavy atom. The molecule has 7 nitrogen and oxygen atoms in total. The van der Waals surface area contributed by atoms with Gasteiger partial charge >= 0.3 is 0 Å². The molecule has 158 valence electrons. The summed E-state index contributed by atoms with van der Waals surface area (Å²) in [5.41, 5.74) is 1.78. The van der Waals surface area contributed by atoms with Gasteiger partial charge in [-0.05, 0) is 36.8 Å². The van der Waals surface area contributed by atoms with Crippen LogP contribution in [0.2, 0.25) is 0 Å². The molecule has 1 N–H and O–H groups in total. The van der Waals surface area contributed by atoms with Gasteiger partial charge in [0.25, 0.3) is 5.91 Å². The highest BCUT2D eigenvalue weighted by Crippen LogP contribution is 2.19. The number of sulfonamides is 1. The van der Waals surface area contributed by atoms with E-state index >= 15 is 0 Å². The number of hydrogen-bond acceptors (Lipinski definition) is 6. The standard InChI is InChI=1S/C21H23N3O4S2/c1-15-23-18(14-29-15)13-28-19-9-6-8-16(11-19)21(25)22-12-17-7-4-5-10-20(17)30(26,27)24(2)3/h4-11,14H,12-13H2,1-3H3,(H,22,25). The van der Waals surface area contributed by atoms with Gasteiger partial charge in [0, 0.05) is 31.6 Å². The molecule has 0 aliphatic heterocycles. The highest BCUT2D eigenvalue weighted by molar-refractivity contribution is 7.89. The molecule has 0 bridgehead atoms. The lowest BCUT2D eigenvalue weighted by molar-refractivity contribution is 0.0950. The minimum Gasteiger partial charge on any atom is -0.487 e. The second-order valence-electron chi connectivity index (χ2n) is 6.75. The molecule has 0 fully saturated rings. The predicted octanol–water partition coefficient (Wildman–Crippen LogP) is 3.21. The number of nitrogens with zero attached hydrogens (tertiary/aromatic N) is 2. The van der Waals surface area contributed by atoms with Gasteiger partial charge in [-0.25, -0.2) is 17.7 Å². The van der Waals surface area contributed by atoms with Gasteiger partial charge in [0.15, 0.2) is 0 Å². The van der Waals surface area contributed by atoms with Crippen LogP contribution in [0.5, 0.6) is 5.75 Å². The minimum absolute atomic E-state index is 0.0886. The minimum atomic E-state index is -3.60. The zero-order valence-electron chi connectivity index (χ0n) is 17.0. The van der Waals surface area contributed by atoms with E-state index in [1.807, 2.05) is 12.3 Å². The SMILES string of the molecule is Cc1nc(COc2cccc(C(=O)NCc3ccccc3S(=O)(=O)N(C)C)c2)cs1. The fourth-order valence-corrected chi connectivity index (χ4v) is 4.45. The largest absolute Gasteiger partial charge is 0.487 e. The number of nitrogens with one attached hydrogen (secondary N) is 1. The van der Waals surface area contributed by atoms with Gasteiger partial charge in [-0.2, -0.15) is 0 Å². The topological polar surface area (TPSA) is 88.6 Å². The number of benzene rings is 2. The van der Waals surface area contributed by atoms with Gasteiger partial charge in [-0.15, -0.1) is 11.3 Å². The molecule has 0 aliphatic rings. The third-order valence-corrected chi connectivity index (χ3v) is 7.06. The monoisotopic (exact) mass is 445 g/mol. The molecule has 0 saturated carbocycles. The Balaban J connectivity index is 1.67. The van der Waals surface area contributed by atoms with E-state index in [0.29, 0.717) is 23.5 Å². The summed E-state index contributed by atoms with van der Waals surface area (Å²) in [6, 6.07) is 13.5. The van der Waals surface area contributed by atoms with Crippen molar-refractivity contribution in [1.82, 2.24) is 14.6 Å². The third kappa shape index (κ3) is 5.24. The fraction of sp³-hybridized carbons (Fsp3) is 0.238. The zero-order chi connectivity index (χ0) is 21.7.